The monoisotopic (exact) mass is 290 g/mol. The van der Waals surface area contributed by atoms with E-state index in [2.05, 4.69) is 15.3 Å². The molecule has 0 aliphatic rings. The van der Waals surface area contributed by atoms with E-state index in [0.717, 1.165) is 5.56 Å². The summed E-state index contributed by atoms with van der Waals surface area (Å²) in [5, 5.41) is 10.8. The maximum atomic E-state index is 12.2. The van der Waals surface area contributed by atoms with E-state index >= 15 is 0 Å². The number of aromatic amines is 1. The fourth-order valence-electron chi connectivity index (χ4n) is 1.78. The van der Waals surface area contributed by atoms with Gasteiger partial charge < -0.3 is 0 Å². The molecule has 3 rings (SSSR count). The van der Waals surface area contributed by atoms with Crippen LogP contribution >= 0.6 is 23.6 Å². The molecule has 0 amide bonds. The zero-order chi connectivity index (χ0) is 13.4. The maximum Gasteiger partial charge on any atom is 0.295 e. The predicted octanol–water partition coefficient (Wildman–Crippen LogP) is 2.11. The average molecular weight is 290 g/mol. The number of benzene rings is 1. The molecule has 5 nitrogen and oxygen atoms in total. The van der Waals surface area contributed by atoms with Crippen LogP contribution in [0.4, 0.5) is 0 Å². The number of nitrogens with zero attached hydrogens (tertiary/aromatic N) is 3. The van der Waals surface area contributed by atoms with Crippen LogP contribution in [-0.2, 0) is 6.42 Å². The van der Waals surface area contributed by atoms with E-state index < -0.39 is 0 Å². The zero-order valence-corrected chi connectivity index (χ0v) is 11.7. The molecule has 7 heteroatoms. The summed E-state index contributed by atoms with van der Waals surface area (Å²) in [6.07, 6.45) is 0.464. The minimum Gasteiger partial charge on any atom is -0.270 e. The smallest absolute Gasteiger partial charge is 0.270 e. The van der Waals surface area contributed by atoms with Gasteiger partial charge in [0.1, 0.15) is 5.69 Å². The highest BCUT2D eigenvalue weighted by atomic mass is 32.1. The Labute approximate surface area is 117 Å². The fourth-order valence-corrected chi connectivity index (χ4v) is 2.70. The number of hydrogen-bond donors (Lipinski definition) is 1. The third-order valence-corrected chi connectivity index (χ3v) is 3.84. The third-order valence-electron chi connectivity index (χ3n) is 2.78. The van der Waals surface area contributed by atoms with Crippen LogP contribution in [0.2, 0.25) is 0 Å². The van der Waals surface area contributed by atoms with Gasteiger partial charge in [-0.05, 0) is 24.7 Å². The first-order valence-corrected chi connectivity index (χ1v) is 6.89. The Morgan fingerprint density at radius 2 is 2.05 bits per heavy atom. The minimum absolute atomic E-state index is 0.196. The first-order chi connectivity index (χ1) is 9.13. The topological polar surface area (TPSA) is 63.1 Å². The number of fused-ring (bicyclic) bond motifs is 1. The van der Waals surface area contributed by atoms with Gasteiger partial charge in [-0.3, -0.25) is 9.89 Å². The second kappa shape index (κ2) is 4.67. The van der Waals surface area contributed by atoms with E-state index in [1.807, 2.05) is 31.2 Å². The lowest BCUT2D eigenvalue weighted by Gasteiger charge is -2.00. The summed E-state index contributed by atoms with van der Waals surface area (Å²) in [5.74, 6) is 0. The van der Waals surface area contributed by atoms with E-state index in [-0.39, 0.29) is 5.56 Å². The third kappa shape index (κ3) is 2.34. The fraction of sp³-hybridized carbons (Fsp3) is 0.167. The van der Waals surface area contributed by atoms with Gasteiger partial charge in [0.05, 0.1) is 0 Å². The lowest BCUT2D eigenvalue weighted by molar-refractivity contribution is 0.805. The van der Waals surface area contributed by atoms with E-state index in [4.69, 9.17) is 12.2 Å². The van der Waals surface area contributed by atoms with Crippen LogP contribution in [0.1, 0.15) is 16.8 Å². The summed E-state index contributed by atoms with van der Waals surface area (Å²) < 4.78 is 1.86. The lowest BCUT2D eigenvalue weighted by Crippen LogP contribution is -2.22. The Bertz CT molecular complexity index is 845. The molecule has 0 saturated heterocycles. The molecule has 2 heterocycles. The van der Waals surface area contributed by atoms with Crippen LogP contribution in [0.25, 0.3) is 4.96 Å². The molecule has 0 spiro atoms. The Morgan fingerprint density at radius 3 is 2.79 bits per heavy atom. The number of rotatable bonds is 2. The van der Waals surface area contributed by atoms with Gasteiger partial charge >= 0.3 is 0 Å². The van der Waals surface area contributed by atoms with Crippen molar-refractivity contribution in [2.24, 2.45) is 0 Å². The van der Waals surface area contributed by atoms with Gasteiger partial charge in [-0.1, -0.05) is 41.2 Å². The van der Waals surface area contributed by atoms with Gasteiger partial charge in [0.2, 0.25) is 4.96 Å². The van der Waals surface area contributed by atoms with Crippen LogP contribution in [-0.4, -0.2) is 19.8 Å². The summed E-state index contributed by atoms with van der Waals surface area (Å²) in [7, 11) is 0. The second-order valence-corrected chi connectivity index (χ2v) is 5.88. The van der Waals surface area contributed by atoms with Crippen molar-refractivity contribution < 1.29 is 0 Å². The summed E-state index contributed by atoms with van der Waals surface area (Å²) in [5.41, 5.74) is 2.43. The molecule has 1 aromatic carbocycles. The highest BCUT2D eigenvalue weighted by Crippen LogP contribution is 2.08. The lowest BCUT2D eigenvalue weighted by atomic mass is 10.1. The molecule has 0 radical (unpaired) electrons. The van der Waals surface area contributed by atoms with E-state index in [0.29, 0.717) is 21.0 Å². The number of aryl methyl sites for hydroxylation is 1. The first-order valence-electron chi connectivity index (χ1n) is 5.66. The van der Waals surface area contributed by atoms with E-state index in [1.165, 1.54) is 21.4 Å². The Hall–Kier alpha value is -1.86. The first kappa shape index (κ1) is 12.2. The highest BCUT2D eigenvalue weighted by Gasteiger charge is 2.09. The van der Waals surface area contributed by atoms with Crippen molar-refractivity contribution in [3.05, 3.63) is 55.4 Å². The highest BCUT2D eigenvalue weighted by molar-refractivity contribution is 7.73. The molecule has 0 atom stereocenters. The second-order valence-electron chi connectivity index (χ2n) is 4.23. The largest absolute Gasteiger partial charge is 0.295 e. The summed E-state index contributed by atoms with van der Waals surface area (Å²) in [6, 6.07) is 8.00. The summed E-state index contributed by atoms with van der Waals surface area (Å²) >= 11 is 6.23. The van der Waals surface area contributed by atoms with E-state index in [9.17, 15) is 4.79 Å². The molecule has 19 heavy (non-hydrogen) atoms. The van der Waals surface area contributed by atoms with Gasteiger partial charge in [0.25, 0.3) is 5.56 Å². The standard InChI is InChI=1S/C12H10N4OS2/c1-7-2-4-8(5-3-7)6-9-10(17)16-11(14-13-9)19-12(18)15-16/h2-5H,6H2,1H3,(H,15,18). The van der Waals surface area contributed by atoms with Crippen molar-refractivity contribution in [3.8, 4) is 0 Å². The van der Waals surface area contributed by atoms with Crippen molar-refractivity contribution in [1.82, 2.24) is 19.8 Å². The van der Waals surface area contributed by atoms with Gasteiger partial charge in [-0.15, -0.1) is 10.2 Å². The SMILES string of the molecule is Cc1ccc(Cc2nnc3sc(=S)[nH]n3c2=O)cc1. The summed E-state index contributed by atoms with van der Waals surface area (Å²) in [4.78, 5) is 12.7. The van der Waals surface area contributed by atoms with Crippen molar-refractivity contribution in [3.63, 3.8) is 0 Å². The quantitative estimate of drug-likeness (QED) is 0.734. The molecule has 1 N–H and O–H groups in total. The molecular formula is C12H10N4OS2. The number of aromatic nitrogens is 4. The van der Waals surface area contributed by atoms with Gasteiger partial charge in [0, 0.05) is 6.42 Å². The van der Waals surface area contributed by atoms with Crippen LogP contribution < -0.4 is 5.56 Å². The number of H-pyrrole nitrogens is 1. The molecule has 2 aromatic heterocycles. The van der Waals surface area contributed by atoms with Crippen LogP contribution in [0.3, 0.4) is 0 Å². The minimum atomic E-state index is -0.196. The molecular weight excluding hydrogens is 280 g/mol. The molecule has 96 valence electrons. The molecule has 0 saturated carbocycles. The van der Waals surface area contributed by atoms with Gasteiger partial charge in [0.15, 0.2) is 3.95 Å². The Balaban J connectivity index is 2.05. The molecule has 0 bridgehead atoms. The predicted molar refractivity (Wildman–Crippen MR) is 76.3 cm³/mol. The molecule has 0 aliphatic carbocycles. The molecule has 3 aromatic rings. The molecule has 0 unspecified atom stereocenters. The van der Waals surface area contributed by atoms with Crippen molar-refractivity contribution in [2.75, 3.05) is 0 Å². The zero-order valence-electron chi connectivity index (χ0n) is 10.1. The number of nitrogens with one attached hydrogen (secondary N) is 1. The normalized spacial score (nSPS) is 11.0. The molecule has 0 aliphatic heterocycles. The van der Waals surface area contributed by atoms with Crippen LogP contribution in [0.15, 0.2) is 29.1 Å². The van der Waals surface area contributed by atoms with Crippen LogP contribution in [0, 0.1) is 10.9 Å². The van der Waals surface area contributed by atoms with Crippen molar-refractivity contribution in [2.45, 2.75) is 13.3 Å². The van der Waals surface area contributed by atoms with Crippen LogP contribution in [0.5, 0.6) is 0 Å². The number of hydrogen-bond acceptors (Lipinski definition) is 5. The summed E-state index contributed by atoms with van der Waals surface area (Å²) in [6.45, 7) is 2.02. The van der Waals surface area contributed by atoms with Crippen molar-refractivity contribution in [1.29, 1.82) is 0 Å². The van der Waals surface area contributed by atoms with Crippen molar-refractivity contribution >= 4 is 28.5 Å². The maximum absolute atomic E-state index is 12.2. The van der Waals surface area contributed by atoms with Gasteiger partial charge in [-0.2, -0.15) is 4.52 Å². The Kier molecular flexibility index (Phi) is 3.00. The molecule has 0 fully saturated rings. The van der Waals surface area contributed by atoms with Gasteiger partial charge in [-0.25, -0.2) is 0 Å². The Morgan fingerprint density at radius 1 is 1.32 bits per heavy atom. The average Bonchev–Trinajstić information content (AvgIpc) is 2.77. The van der Waals surface area contributed by atoms with E-state index in [1.54, 1.807) is 0 Å².